The van der Waals surface area contributed by atoms with Gasteiger partial charge in [0.25, 0.3) is 0 Å². The number of hydrogen-bond donors (Lipinski definition) is 3. The number of guanidine groups is 1. The first-order chi connectivity index (χ1) is 6.63. The molecule has 1 aliphatic rings. The molecule has 0 aromatic rings. The number of aliphatic hydroxyl groups is 1. The van der Waals surface area contributed by atoms with E-state index in [1.165, 1.54) is 0 Å². The first-order valence-electron chi connectivity index (χ1n) is 4.44. The number of carbonyl (C=O) groups excluding carboxylic acids is 2. The molecular formula is C8H13N3O3. The van der Waals surface area contributed by atoms with Crippen LogP contribution in [0.5, 0.6) is 0 Å². The second kappa shape index (κ2) is 4.71. The summed E-state index contributed by atoms with van der Waals surface area (Å²) in [7, 11) is 0. The van der Waals surface area contributed by atoms with Gasteiger partial charge < -0.3 is 5.11 Å². The second-order valence-corrected chi connectivity index (χ2v) is 3.10. The van der Waals surface area contributed by atoms with E-state index in [4.69, 9.17) is 5.11 Å². The fourth-order valence-corrected chi connectivity index (χ4v) is 1.10. The summed E-state index contributed by atoms with van der Waals surface area (Å²) in [5, 5.41) is 13.2. The Kier molecular flexibility index (Phi) is 3.58. The van der Waals surface area contributed by atoms with Gasteiger partial charge in [0.05, 0.1) is 6.04 Å². The van der Waals surface area contributed by atoms with E-state index in [2.05, 4.69) is 15.6 Å². The fourth-order valence-electron chi connectivity index (χ4n) is 1.10. The Morgan fingerprint density at radius 3 is 2.43 bits per heavy atom. The molecular weight excluding hydrogens is 186 g/mol. The van der Waals surface area contributed by atoms with Crippen molar-refractivity contribution in [3.05, 3.63) is 0 Å². The topological polar surface area (TPSA) is 90.8 Å². The van der Waals surface area contributed by atoms with Crippen molar-refractivity contribution >= 4 is 17.8 Å². The van der Waals surface area contributed by atoms with Crippen LogP contribution in [-0.2, 0) is 9.59 Å². The lowest BCUT2D eigenvalue weighted by atomic mass is 10.2. The minimum atomic E-state index is -0.682. The number of rotatable bonds is 4. The van der Waals surface area contributed by atoms with Crippen LogP contribution in [0.1, 0.15) is 19.8 Å². The van der Waals surface area contributed by atoms with Crippen LogP contribution in [0.25, 0.3) is 0 Å². The SMILES string of the molecule is CC(CCCO)N=C1NC(=O)C(=O)N1. The summed E-state index contributed by atoms with van der Waals surface area (Å²) in [5.74, 6) is -1.17. The first kappa shape index (κ1) is 10.6. The Bertz CT molecular complexity index is 257. The van der Waals surface area contributed by atoms with Crippen LogP contribution in [-0.4, -0.2) is 35.5 Å². The molecule has 0 bridgehead atoms. The van der Waals surface area contributed by atoms with Crippen molar-refractivity contribution < 1.29 is 14.7 Å². The van der Waals surface area contributed by atoms with E-state index in [0.29, 0.717) is 12.8 Å². The summed E-state index contributed by atoms with van der Waals surface area (Å²) in [6, 6.07) is -0.0316. The van der Waals surface area contributed by atoms with Gasteiger partial charge in [-0.2, -0.15) is 0 Å². The highest BCUT2D eigenvalue weighted by molar-refractivity contribution is 6.45. The van der Waals surface area contributed by atoms with Crippen molar-refractivity contribution in [2.24, 2.45) is 4.99 Å². The Labute approximate surface area is 81.4 Å². The van der Waals surface area contributed by atoms with Gasteiger partial charge in [-0.15, -0.1) is 0 Å². The average Bonchev–Trinajstić information content (AvgIpc) is 2.42. The Morgan fingerprint density at radius 1 is 1.36 bits per heavy atom. The zero-order valence-electron chi connectivity index (χ0n) is 7.91. The van der Waals surface area contributed by atoms with Crippen molar-refractivity contribution in [2.75, 3.05) is 6.61 Å². The van der Waals surface area contributed by atoms with Crippen molar-refractivity contribution in [2.45, 2.75) is 25.8 Å². The maximum absolute atomic E-state index is 10.7. The van der Waals surface area contributed by atoms with Gasteiger partial charge in [0.2, 0.25) is 5.96 Å². The van der Waals surface area contributed by atoms with Crippen LogP contribution < -0.4 is 10.6 Å². The third-order valence-electron chi connectivity index (χ3n) is 1.80. The number of aliphatic hydroxyl groups excluding tert-OH is 1. The van der Waals surface area contributed by atoms with Crippen LogP contribution in [0.15, 0.2) is 4.99 Å². The summed E-state index contributed by atoms with van der Waals surface area (Å²) in [6.45, 7) is 1.97. The highest BCUT2D eigenvalue weighted by Crippen LogP contribution is 2.00. The van der Waals surface area contributed by atoms with Crippen LogP contribution >= 0.6 is 0 Å². The monoisotopic (exact) mass is 199 g/mol. The second-order valence-electron chi connectivity index (χ2n) is 3.10. The lowest BCUT2D eigenvalue weighted by molar-refractivity contribution is -0.135. The molecule has 1 unspecified atom stereocenters. The lowest BCUT2D eigenvalue weighted by Gasteiger charge is -2.05. The fraction of sp³-hybridized carbons (Fsp3) is 0.625. The van der Waals surface area contributed by atoms with E-state index in [1.54, 1.807) is 0 Å². The summed E-state index contributed by atoms with van der Waals surface area (Å²) in [6.07, 6.45) is 1.37. The van der Waals surface area contributed by atoms with E-state index >= 15 is 0 Å². The maximum Gasteiger partial charge on any atom is 0.316 e. The zero-order valence-corrected chi connectivity index (χ0v) is 7.91. The molecule has 0 aromatic carbocycles. The molecule has 1 saturated heterocycles. The predicted molar refractivity (Wildman–Crippen MR) is 49.5 cm³/mol. The quantitative estimate of drug-likeness (QED) is 0.494. The maximum atomic E-state index is 10.7. The van der Waals surface area contributed by atoms with E-state index in [0.717, 1.165) is 0 Å². The highest BCUT2D eigenvalue weighted by Gasteiger charge is 2.25. The predicted octanol–water partition coefficient (Wildman–Crippen LogP) is -1.25. The van der Waals surface area contributed by atoms with Crippen LogP contribution in [0, 0.1) is 0 Å². The molecule has 1 fully saturated rings. The van der Waals surface area contributed by atoms with Gasteiger partial charge >= 0.3 is 11.8 Å². The summed E-state index contributed by atoms with van der Waals surface area (Å²) in [4.78, 5) is 25.5. The van der Waals surface area contributed by atoms with E-state index in [1.807, 2.05) is 6.92 Å². The Hall–Kier alpha value is -1.43. The molecule has 0 saturated carbocycles. The van der Waals surface area contributed by atoms with Gasteiger partial charge in [0.15, 0.2) is 0 Å². The number of nitrogens with one attached hydrogen (secondary N) is 2. The Balaban J connectivity index is 2.45. The first-order valence-corrected chi connectivity index (χ1v) is 4.44. The molecule has 1 heterocycles. The van der Waals surface area contributed by atoms with E-state index in [-0.39, 0.29) is 18.6 Å². The number of carbonyl (C=O) groups is 2. The molecule has 0 aromatic heterocycles. The molecule has 1 rings (SSSR count). The summed E-state index contributed by atoms with van der Waals surface area (Å²) < 4.78 is 0. The third kappa shape index (κ3) is 2.81. The molecule has 0 radical (unpaired) electrons. The summed E-state index contributed by atoms with van der Waals surface area (Å²) >= 11 is 0. The Morgan fingerprint density at radius 2 is 1.93 bits per heavy atom. The molecule has 0 spiro atoms. The van der Waals surface area contributed by atoms with Crippen LogP contribution in [0.2, 0.25) is 0 Å². The molecule has 2 amide bonds. The molecule has 14 heavy (non-hydrogen) atoms. The normalized spacial score (nSPS) is 17.7. The van der Waals surface area contributed by atoms with Crippen molar-refractivity contribution in [3.8, 4) is 0 Å². The number of hydrogen-bond acceptors (Lipinski definition) is 4. The molecule has 1 aliphatic heterocycles. The number of aliphatic imine (C=N–C) groups is 1. The van der Waals surface area contributed by atoms with Gasteiger partial charge in [-0.1, -0.05) is 0 Å². The number of nitrogens with zero attached hydrogens (tertiary/aromatic N) is 1. The van der Waals surface area contributed by atoms with Gasteiger partial charge in [0.1, 0.15) is 0 Å². The van der Waals surface area contributed by atoms with Crippen molar-refractivity contribution in [1.82, 2.24) is 10.6 Å². The standard InChI is InChI=1S/C8H13N3O3/c1-5(3-2-4-12)9-8-10-6(13)7(14)11-8/h5,12H,2-4H2,1H3,(H2,9,10,11,13,14). The smallest absolute Gasteiger partial charge is 0.316 e. The van der Waals surface area contributed by atoms with E-state index in [9.17, 15) is 9.59 Å². The average molecular weight is 199 g/mol. The highest BCUT2D eigenvalue weighted by atomic mass is 16.3. The van der Waals surface area contributed by atoms with Crippen LogP contribution in [0.3, 0.4) is 0 Å². The largest absolute Gasteiger partial charge is 0.396 e. The van der Waals surface area contributed by atoms with Crippen molar-refractivity contribution in [3.63, 3.8) is 0 Å². The molecule has 6 nitrogen and oxygen atoms in total. The van der Waals surface area contributed by atoms with Crippen molar-refractivity contribution in [1.29, 1.82) is 0 Å². The van der Waals surface area contributed by atoms with Gasteiger partial charge in [-0.3, -0.25) is 20.2 Å². The molecule has 78 valence electrons. The number of amides is 2. The zero-order chi connectivity index (χ0) is 10.6. The third-order valence-corrected chi connectivity index (χ3v) is 1.80. The van der Waals surface area contributed by atoms with Crippen LogP contribution in [0.4, 0.5) is 0 Å². The van der Waals surface area contributed by atoms with Gasteiger partial charge in [-0.05, 0) is 19.8 Å². The minimum Gasteiger partial charge on any atom is -0.396 e. The van der Waals surface area contributed by atoms with E-state index < -0.39 is 11.8 Å². The lowest BCUT2D eigenvalue weighted by Crippen LogP contribution is -2.27. The summed E-state index contributed by atoms with van der Waals surface area (Å²) in [5.41, 5.74) is 0. The van der Waals surface area contributed by atoms with Gasteiger partial charge in [-0.25, -0.2) is 4.99 Å². The molecule has 0 aliphatic carbocycles. The molecule has 1 atom stereocenters. The molecule has 6 heteroatoms. The minimum absolute atomic E-state index is 0.0316. The molecule has 3 N–H and O–H groups in total. The van der Waals surface area contributed by atoms with Gasteiger partial charge in [0, 0.05) is 6.61 Å².